The van der Waals surface area contributed by atoms with E-state index in [1.165, 1.54) is 32.1 Å². The molecule has 1 saturated carbocycles. The SMILES string of the molecule is CC(C)(C)CC(NN)C1CCOC2(CCCC2)C1. The molecule has 3 N–H and O–H groups in total. The Bertz CT molecular complexity index is 266. The van der Waals surface area contributed by atoms with Crippen LogP contribution in [0.1, 0.15) is 65.7 Å². The molecule has 1 aliphatic heterocycles. The van der Waals surface area contributed by atoms with Crippen molar-refractivity contribution in [2.75, 3.05) is 6.61 Å². The topological polar surface area (TPSA) is 47.3 Å². The smallest absolute Gasteiger partial charge is 0.0685 e. The van der Waals surface area contributed by atoms with E-state index < -0.39 is 0 Å². The molecule has 2 unspecified atom stereocenters. The Labute approximate surface area is 112 Å². The molecule has 1 heterocycles. The van der Waals surface area contributed by atoms with Gasteiger partial charge in [0.05, 0.1) is 5.60 Å². The lowest BCUT2D eigenvalue weighted by Gasteiger charge is -2.42. The Hall–Kier alpha value is -0.120. The lowest BCUT2D eigenvalue weighted by molar-refractivity contribution is -0.0995. The summed E-state index contributed by atoms with van der Waals surface area (Å²) in [6, 6.07) is 0.436. The number of nitrogens with one attached hydrogen (secondary N) is 1. The zero-order valence-corrected chi connectivity index (χ0v) is 12.3. The second-order valence-electron chi connectivity index (χ2n) is 7.53. The molecule has 2 fully saturated rings. The maximum absolute atomic E-state index is 6.11. The van der Waals surface area contributed by atoms with E-state index in [2.05, 4.69) is 26.2 Å². The Kier molecular flexibility index (Phi) is 4.35. The number of rotatable bonds is 3. The third-order valence-corrected chi connectivity index (χ3v) is 4.66. The third kappa shape index (κ3) is 3.46. The molecule has 106 valence electrons. The maximum atomic E-state index is 6.11. The predicted molar refractivity (Wildman–Crippen MR) is 75.1 cm³/mol. The van der Waals surface area contributed by atoms with Gasteiger partial charge in [-0.05, 0) is 43.4 Å². The van der Waals surface area contributed by atoms with Gasteiger partial charge in [-0.15, -0.1) is 0 Å². The molecule has 3 nitrogen and oxygen atoms in total. The quantitative estimate of drug-likeness (QED) is 0.601. The first kappa shape index (κ1) is 14.3. The fraction of sp³-hybridized carbons (Fsp3) is 1.00. The van der Waals surface area contributed by atoms with Crippen molar-refractivity contribution >= 4 is 0 Å². The minimum absolute atomic E-state index is 0.204. The van der Waals surface area contributed by atoms with Crippen LogP contribution >= 0.6 is 0 Å². The number of hydrogen-bond acceptors (Lipinski definition) is 3. The molecule has 0 aromatic heterocycles. The van der Waals surface area contributed by atoms with Crippen molar-refractivity contribution in [3.05, 3.63) is 0 Å². The van der Waals surface area contributed by atoms with Crippen LogP contribution in [0.3, 0.4) is 0 Å². The number of ether oxygens (including phenoxy) is 1. The highest BCUT2D eigenvalue weighted by Gasteiger charge is 2.42. The molecule has 2 aliphatic rings. The minimum atomic E-state index is 0.204. The summed E-state index contributed by atoms with van der Waals surface area (Å²) in [7, 11) is 0. The van der Waals surface area contributed by atoms with Gasteiger partial charge < -0.3 is 4.74 Å². The van der Waals surface area contributed by atoms with E-state index in [-0.39, 0.29) is 5.60 Å². The molecule has 0 aromatic carbocycles. The van der Waals surface area contributed by atoms with Gasteiger partial charge in [-0.25, -0.2) is 0 Å². The van der Waals surface area contributed by atoms with Crippen LogP contribution in [-0.4, -0.2) is 18.2 Å². The number of hydrazine groups is 1. The van der Waals surface area contributed by atoms with Crippen molar-refractivity contribution in [2.45, 2.75) is 77.4 Å². The van der Waals surface area contributed by atoms with Gasteiger partial charge in [-0.3, -0.25) is 11.3 Å². The summed E-state index contributed by atoms with van der Waals surface area (Å²) < 4.78 is 6.11. The standard InChI is InChI=1S/C15H30N2O/c1-14(2,3)11-13(17-16)12-6-9-18-15(10-12)7-4-5-8-15/h12-13,17H,4-11,16H2,1-3H3. The highest BCUT2D eigenvalue weighted by atomic mass is 16.5. The van der Waals surface area contributed by atoms with Crippen LogP contribution in [0, 0.1) is 11.3 Å². The van der Waals surface area contributed by atoms with Crippen molar-refractivity contribution in [2.24, 2.45) is 17.2 Å². The molecule has 0 amide bonds. The van der Waals surface area contributed by atoms with E-state index in [1.807, 2.05) is 0 Å². The fourth-order valence-electron chi connectivity index (χ4n) is 3.80. The summed E-state index contributed by atoms with van der Waals surface area (Å²) >= 11 is 0. The molecule has 3 heteroatoms. The van der Waals surface area contributed by atoms with Gasteiger partial charge in [0.25, 0.3) is 0 Å². The Morgan fingerprint density at radius 2 is 2.00 bits per heavy atom. The third-order valence-electron chi connectivity index (χ3n) is 4.66. The molecule has 1 aliphatic carbocycles. The van der Waals surface area contributed by atoms with E-state index in [4.69, 9.17) is 10.6 Å². The molecule has 18 heavy (non-hydrogen) atoms. The zero-order valence-electron chi connectivity index (χ0n) is 12.3. The first-order chi connectivity index (χ1) is 8.44. The van der Waals surface area contributed by atoms with Gasteiger partial charge in [-0.2, -0.15) is 0 Å². The van der Waals surface area contributed by atoms with Gasteiger partial charge in [0.15, 0.2) is 0 Å². The van der Waals surface area contributed by atoms with Crippen molar-refractivity contribution in [1.82, 2.24) is 5.43 Å². The highest BCUT2D eigenvalue weighted by molar-refractivity contribution is 4.94. The van der Waals surface area contributed by atoms with E-state index in [0.29, 0.717) is 17.4 Å². The summed E-state index contributed by atoms with van der Waals surface area (Å²) in [5, 5.41) is 0. The average molecular weight is 254 g/mol. The van der Waals surface area contributed by atoms with Crippen LogP contribution in [0.4, 0.5) is 0 Å². The Morgan fingerprint density at radius 1 is 1.33 bits per heavy atom. The van der Waals surface area contributed by atoms with Gasteiger partial charge >= 0.3 is 0 Å². The highest BCUT2D eigenvalue weighted by Crippen LogP contribution is 2.43. The number of hydrogen-bond donors (Lipinski definition) is 2. The molecule has 2 rings (SSSR count). The molecular weight excluding hydrogens is 224 g/mol. The second-order valence-corrected chi connectivity index (χ2v) is 7.53. The van der Waals surface area contributed by atoms with Crippen LogP contribution in [0.25, 0.3) is 0 Å². The molecule has 1 spiro atoms. The summed E-state index contributed by atoms with van der Waals surface area (Å²) in [5.41, 5.74) is 3.61. The fourth-order valence-corrected chi connectivity index (χ4v) is 3.80. The van der Waals surface area contributed by atoms with Crippen LogP contribution in [0.15, 0.2) is 0 Å². The Morgan fingerprint density at radius 3 is 2.56 bits per heavy atom. The molecule has 2 atom stereocenters. The van der Waals surface area contributed by atoms with E-state index in [1.54, 1.807) is 0 Å². The molecule has 1 saturated heterocycles. The lowest BCUT2D eigenvalue weighted by atomic mass is 9.76. The van der Waals surface area contributed by atoms with Gasteiger partial charge in [-0.1, -0.05) is 33.6 Å². The summed E-state index contributed by atoms with van der Waals surface area (Å²) in [4.78, 5) is 0. The first-order valence-electron chi connectivity index (χ1n) is 7.54. The van der Waals surface area contributed by atoms with E-state index in [0.717, 1.165) is 19.4 Å². The minimum Gasteiger partial charge on any atom is -0.375 e. The van der Waals surface area contributed by atoms with E-state index >= 15 is 0 Å². The summed E-state index contributed by atoms with van der Waals surface area (Å²) in [5.74, 6) is 6.49. The summed E-state index contributed by atoms with van der Waals surface area (Å²) in [6.45, 7) is 7.80. The zero-order chi connectivity index (χ0) is 13.2. The lowest BCUT2D eigenvalue weighted by Crippen LogP contribution is -2.49. The molecule has 0 bridgehead atoms. The monoisotopic (exact) mass is 254 g/mol. The largest absolute Gasteiger partial charge is 0.375 e. The normalized spacial score (nSPS) is 29.7. The predicted octanol–water partition coefficient (Wildman–Crippen LogP) is 2.99. The van der Waals surface area contributed by atoms with Crippen LogP contribution in [0.2, 0.25) is 0 Å². The van der Waals surface area contributed by atoms with Gasteiger partial charge in [0.2, 0.25) is 0 Å². The average Bonchev–Trinajstić information content (AvgIpc) is 2.73. The van der Waals surface area contributed by atoms with Crippen molar-refractivity contribution in [3.63, 3.8) is 0 Å². The van der Waals surface area contributed by atoms with Crippen LogP contribution < -0.4 is 11.3 Å². The van der Waals surface area contributed by atoms with E-state index in [9.17, 15) is 0 Å². The van der Waals surface area contributed by atoms with Crippen LogP contribution in [-0.2, 0) is 4.74 Å². The molecular formula is C15H30N2O. The molecule has 0 aromatic rings. The van der Waals surface area contributed by atoms with Crippen molar-refractivity contribution in [1.29, 1.82) is 0 Å². The first-order valence-corrected chi connectivity index (χ1v) is 7.54. The van der Waals surface area contributed by atoms with Crippen molar-refractivity contribution < 1.29 is 4.74 Å². The second kappa shape index (κ2) is 5.48. The van der Waals surface area contributed by atoms with Crippen molar-refractivity contribution in [3.8, 4) is 0 Å². The Balaban J connectivity index is 1.98. The maximum Gasteiger partial charge on any atom is 0.0685 e. The summed E-state index contributed by atoms with van der Waals surface area (Å²) in [6.07, 6.45) is 8.71. The van der Waals surface area contributed by atoms with Gasteiger partial charge in [0.1, 0.15) is 0 Å². The number of nitrogens with two attached hydrogens (primary N) is 1. The van der Waals surface area contributed by atoms with Crippen LogP contribution in [0.5, 0.6) is 0 Å². The molecule has 0 radical (unpaired) electrons. The van der Waals surface area contributed by atoms with Gasteiger partial charge in [0, 0.05) is 12.6 Å².